The topological polar surface area (TPSA) is 115 Å². The number of esters is 1. The summed E-state index contributed by atoms with van der Waals surface area (Å²) in [6.07, 6.45) is 4.88. The summed E-state index contributed by atoms with van der Waals surface area (Å²) in [6.45, 7) is 4.52. The van der Waals surface area contributed by atoms with E-state index in [1.54, 1.807) is 44.7 Å². The van der Waals surface area contributed by atoms with Crippen LogP contribution in [0.15, 0.2) is 45.9 Å². The van der Waals surface area contributed by atoms with Crippen LogP contribution in [0.4, 0.5) is 17.4 Å². The Kier molecular flexibility index (Phi) is 6.93. The minimum atomic E-state index is -0.716. The number of allylic oxidation sites excluding steroid dienone is 1. The molecule has 1 aliphatic heterocycles. The Morgan fingerprint density at radius 1 is 1.26 bits per heavy atom. The molecule has 0 radical (unpaired) electrons. The third kappa shape index (κ3) is 4.79. The Bertz CT molecular complexity index is 1260. The molecule has 2 N–H and O–H groups in total. The minimum absolute atomic E-state index is 0.0320. The average Bonchev–Trinajstić information content (AvgIpc) is 3.37. The van der Waals surface area contributed by atoms with Gasteiger partial charge in [-0.3, -0.25) is 0 Å². The number of ether oxygens (including phenoxy) is 3. The largest absolute Gasteiger partial charge is 0.504 e. The van der Waals surface area contributed by atoms with Gasteiger partial charge in [-0.2, -0.15) is 0 Å². The highest BCUT2D eigenvalue weighted by molar-refractivity contribution is 6.21. The summed E-state index contributed by atoms with van der Waals surface area (Å²) in [5, 5.41) is 14.0. The molecule has 3 aromatic rings. The lowest BCUT2D eigenvalue weighted by atomic mass is 10.1. The van der Waals surface area contributed by atoms with Crippen LogP contribution in [0.25, 0.3) is 11.6 Å². The molecule has 0 unspecified atom stereocenters. The van der Waals surface area contributed by atoms with Crippen molar-refractivity contribution in [3.8, 4) is 11.5 Å². The number of nitrogens with zero attached hydrogens (tertiary/aromatic N) is 2. The van der Waals surface area contributed by atoms with Gasteiger partial charge in [-0.05, 0) is 49.8 Å². The van der Waals surface area contributed by atoms with Crippen molar-refractivity contribution in [2.45, 2.75) is 13.8 Å². The van der Waals surface area contributed by atoms with E-state index in [0.29, 0.717) is 36.0 Å². The number of aromatic hydroxyl groups is 1. The fourth-order valence-corrected chi connectivity index (χ4v) is 3.41. The van der Waals surface area contributed by atoms with Crippen LogP contribution in [0.2, 0.25) is 0 Å². The second-order valence-corrected chi connectivity index (χ2v) is 7.44. The first-order valence-electron chi connectivity index (χ1n) is 10.7. The second kappa shape index (κ2) is 10.2. The first kappa shape index (κ1) is 23.1. The number of hydrogen-bond donors (Lipinski definition) is 2. The monoisotopic (exact) mass is 463 g/mol. The highest BCUT2D eigenvalue weighted by atomic mass is 16.5. The number of aromatic nitrogens is 1. The van der Waals surface area contributed by atoms with Gasteiger partial charge in [0, 0.05) is 30.7 Å². The molecule has 4 rings (SSSR count). The summed E-state index contributed by atoms with van der Waals surface area (Å²) in [7, 11) is 1.59. The summed E-state index contributed by atoms with van der Waals surface area (Å²) < 4.78 is 21.9. The number of carbonyl (C=O) groups is 1. The van der Waals surface area contributed by atoms with E-state index >= 15 is 0 Å². The van der Waals surface area contributed by atoms with Crippen molar-refractivity contribution in [2.24, 2.45) is 4.99 Å². The summed E-state index contributed by atoms with van der Waals surface area (Å²) in [6, 6.07) is 9.20. The molecular formula is C25H25N3O6. The number of pyridine rings is 1. The predicted molar refractivity (Wildman–Crippen MR) is 128 cm³/mol. The van der Waals surface area contributed by atoms with Crippen LogP contribution in [-0.4, -0.2) is 49.2 Å². The van der Waals surface area contributed by atoms with Crippen LogP contribution in [0.5, 0.6) is 11.5 Å². The molecule has 0 spiro atoms. The number of anilines is 2. The molecule has 0 saturated heterocycles. The smallest absolute Gasteiger partial charge is 0.347 e. The molecule has 0 amide bonds. The molecule has 0 aliphatic carbocycles. The molecule has 1 aromatic carbocycles. The van der Waals surface area contributed by atoms with E-state index in [0.717, 1.165) is 11.1 Å². The fourth-order valence-electron chi connectivity index (χ4n) is 3.41. The van der Waals surface area contributed by atoms with E-state index in [9.17, 15) is 9.90 Å². The van der Waals surface area contributed by atoms with Crippen LogP contribution in [0, 0.1) is 6.92 Å². The summed E-state index contributed by atoms with van der Waals surface area (Å²) >= 11 is 0. The van der Waals surface area contributed by atoms with Crippen LogP contribution < -0.4 is 10.1 Å². The molecule has 0 saturated carbocycles. The maximum absolute atomic E-state index is 12.7. The van der Waals surface area contributed by atoms with Crippen LogP contribution in [-0.2, 0) is 9.47 Å². The van der Waals surface area contributed by atoms with Crippen molar-refractivity contribution in [1.29, 1.82) is 0 Å². The van der Waals surface area contributed by atoms with Gasteiger partial charge in [0.2, 0.25) is 5.88 Å². The van der Waals surface area contributed by atoms with Crippen molar-refractivity contribution in [1.82, 2.24) is 4.98 Å². The number of carbonyl (C=O) groups excluding carboxylic acids is 1. The van der Waals surface area contributed by atoms with E-state index in [1.165, 1.54) is 0 Å². The molecule has 0 bridgehead atoms. The SMILES string of the molecule is CCOC(=O)c1c(Nc2ccc(C)cc2OCCOC)oc(C=C2C=Nc3ncccc32)c1O. The Balaban J connectivity index is 1.73. The highest BCUT2D eigenvalue weighted by Gasteiger charge is 2.28. The number of nitrogens with one attached hydrogen (secondary N) is 1. The van der Waals surface area contributed by atoms with Crippen molar-refractivity contribution in [3.63, 3.8) is 0 Å². The first-order valence-corrected chi connectivity index (χ1v) is 10.7. The third-order valence-corrected chi connectivity index (χ3v) is 5.03. The number of furan rings is 1. The van der Waals surface area contributed by atoms with Gasteiger partial charge >= 0.3 is 5.97 Å². The molecule has 176 valence electrons. The number of aryl methyl sites for hydroxylation is 1. The zero-order chi connectivity index (χ0) is 24.1. The van der Waals surface area contributed by atoms with Gasteiger partial charge < -0.3 is 29.1 Å². The van der Waals surface area contributed by atoms with Gasteiger partial charge in [-0.15, -0.1) is 0 Å². The first-order chi connectivity index (χ1) is 16.5. The lowest BCUT2D eigenvalue weighted by Crippen LogP contribution is -2.08. The molecule has 0 atom stereocenters. The average molecular weight is 463 g/mol. The van der Waals surface area contributed by atoms with Crippen molar-refractivity contribution in [2.75, 3.05) is 32.2 Å². The molecule has 34 heavy (non-hydrogen) atoms. The van der Waals surface area contributed by atoms with E-state index in [4.69, 9.17) is 18.6 Å². The molecule has 3 heterocycles. The van der Waals surface area contributed by atoms with Gasteiger partial charge in [-0.25, -0.2) is 14.8 Å². The van der Waals surface area contributed by atoms with Gasteiger partial charge in [0.25, 0.3) is 0 Å². The normalized spacial score (nSPS) is 13.2. The number of methoxy groups -OCH3 is 1. The molecule has 2 aromatic heterocycles. The van der Waals surface area contributed by atoms with E-state index in [1.807, 2.05) is 25.1 Å². The molecule has 1 aliphatic rings. The minimum Gasteiger partial charge on any atom is -0.504 e. The molecule has 9 nitrogen and oxygen atoms in total. The highest BCUT2D eigenvalue weighted by Crippen LogP contribution is 2.40. The maximum atomic E-state index is 12.7. The third-order valence-electron chi connectivity index (χ3n) is 5.03. The maximum Gasteiger partial charge on any atom is 0.347 e. The molecular weight excluding hydrogens is 438 g/mol. The van der Waals surface area contributed by atoms with Gasteiger partial charge in [0.1, 0.15) is 12.4 Å². The van der Waals surface area contributed by atoms with E-state index in [2.05, 4.69) is 15.3 Å². The summed E-state index contributed by atoms with van der Waals surface area (Å²) in [4.78, 5) is 21.2. The number of fused-ring (bicyclic) bond motifs is 1. The molecule has 9 heteroatoms. The fraction of sp³-hybridized carbons (Fsp3) is 0.240. The van der Waals surface area contributed by atoms with E-state index < -0.39 is 5.97 Å². The van der Waals surface area contributed by atoms with Crippen LogP contribution in [0.3, 0.4) is 0 Å². The number of hydrogen-bond acceptors (Lipinski definition) is 9. The Morgan fingerprint density at radius 3 is 2.91 bits per heavy atom. The zero-order valence-electron chi connectivity index (χ0n) is 19.1. The van der Waals surface area contributed by atoms with E-state index in [-0.39, 0.29) is 29.6 Å². The summed E-state index contributed by atoms with van der Waals surface area (Å²) in [5.74, 6) is 0.175. The number of rotatable bonds is 9. The van der Waals surface area contributed by atoms with Crippen LogP contribution in [0.1, 0.15) is 34.2 Å². The second-order valence-electron chi connectivity index (χ2n) is 7.44. The van der Waals surface area contributed by atoms with Gasteiger partial charge in [0.15, 0.2) is 22.9 Å². The molecule has 0 fully saturated rings. The van der Waals surface area contributed by atoms with Crippen LogP contribution >= 0.6 is 0 Å². The van der Waals surface area contributed by atoms with Crippen molar-refractivity contribution >= 4 is 41.2 Å². The van der Waals surface area contributed by atoms with Gasteiger partial charge in [0.05, 0.1) is 18.9 Å². The standard InChI is InChI=1S/C25H25N3O6/c1-4-32-25(30)21-22(29)20(13-16-14-27-23-17(16)6-5-9-26-23)34-24(21)28-18-8-7-15(2)12-19(18)33-11-10-31-3/h5-9,12-14,28-29H,4,10-11H2,1-3H3. The Hall–Kier alpha value is -4.11. The Labute approximate surface area is 196 Å². The predicted octanol–water partition coefficient (Wildman–Crippen LogP) is 4.89. The van der Waals surface area contributed by atoms with Gasteiger partial charge in [-0.1, -0.05) is 6.07 Å². The zero-order valence-corrected chi connectivity index (χ0v) is 19.1. The van der Waals surface area contributed by atoms with Crippen molar-refractivity contribution < 1.29 is 28.5 Å². The quantitative estimate of drug-likeness (QED) is 0.340. The Morgan fingerprint density at radius 2 is 2.12 bits per heavy atom. The lowest BCUT2D eigenvalue weighted by molar-refractivity contribution is 0.0524. The number of benzene rings is 1. The summed E-state index contributed by atoms with van der Waals surface area (Å²) in [5.41, 5.74) is 2.91. The lowest BCUT2D eigenvalue weighted by Gasteiger charge is -2.13. The van der Waals surface area contributed by atoms with Crippen molar-refractivity contribution in [3.05, 3.63) is 59.0 Å². The number of aliphatic imine (C=N–C) groups is 1.